The number of rotatable bonds is 1. The van der Waals surface area contributed by atoms with Crippen molar-refractivity contribution >= 4 is 54.5 Å². The smallest absolute Gasteiger partial charge is 0.0160 e. The molecule has 3 heterocycles. The second-order valence-corrected chi connectivity index (χ2v) is 18.0. The largest absolute Gasteiger partial charge is 0.305 e. The fraction of sp³-hybridized carbons (Fsp3) is 0.0667. The van der Waals surface area contributed by atoms with Crippen molar-refractivity contribution in [2.75, 3.05) is 0 Å². The first-order chi connectivity index (χ1) is 16.2. The predicted molar refractivity (Wildman–Crippen MR) is 141 cm³/mol. The zero-order valence-corrected chi connectivity index (χ0v) is 23.5. The van der Waals surface area contributed by atoms with Crippen molar-refractivity contribution in [1.82, 2.24) is 9.97 Å². The Morgan fingerprint density at radius 1 is 0.647 bits per heavy atom. The van der Waals surface area contributed by atoms with E-state index in [4.69, 9.17) is 4.98 Å². The first-order valence-corrected chi connectivity index (χ1v) is 17.5. The van der Waals surface area contributed by atoms with E-state index in [2.05, 4.69) is 65.0 Å². The van der Waals surface area contributed by atoms with Gasteiger partial charge in [0.1, 0.15) is 0 Å². The molecule has 0 unspecified atom stereocenters. The van der Waals surface area contributed by atoms with Gasteiger partial charge in [0, 0.05) is 26.3 Å². The molecule has 1 aliphatic heterocycles. The van der Waals surface area contributed by atoms with Crippen LogP contribution in [0.25, 0.3) is 43.7 Å². The fourth-order valence-corrected chi connectivity index (χ4v) is 11.5. The molecule has 0 N–H and O–H groups in total. The van der Waals surface area contributed by atoms with Crippen LogP contribution in [-0.4, -0.2) is 23.2 Å². The Hall–Kier alpha value is -2.85. The number of benzene rings is 4. The summed E-state index contributed by atoms with van der Waals surface area (Å²) in [6.07, 6.45) is 3.78. The zero-order valence-electron chi connectivity index (χ0n) is 19.0. The Kier molecular flexibility index (Phi) is 6.11. The molecule has 0 fully saturated rings. The number of hydrogen-bond acceptors (Lipinski definition) is 2. The normalized spacial score (nSPS) is 13.0. The van der Waals surface area contributed by atoms with E-state index >= 15 is 0 Å². The van der Waals surface area contributed by atoms with Crippen LogP contribution in [0.2, 0.25) is 11.5 Å². The van der Waals surface area contributed by atoms with Crippen molar-refractivity contribution in [2.24, 2.45) is 0 Å². The third kappa shape index (κ3) is 3.60. The molecule has 1 aliphatic rings. The first kappa shape index (κ1) is 22.9. The van der Waals surface area contributed by atoms with Crippen molar-refractivity contribution in [3.8, 4) is 11.3 Å². The van der Waals surface area contributed by atoms with Crippen LogP contribution in [-0.2, 0) is 20.1 Å². The zero-order chi connectivity index (χ0) is 22.4. The molecule has 6 aromatic rings. The van der Waals surface area contributed by atoms with Crippen LogP contribution in [0.4, 0.5) is 0 Å². The van der Waals surface area contributed by atoms with Gasteiger partial charge in [0.25, 0.3) is 0 Å². The molecule has 1 radical (unpaired) electrons. The van der Waals surface area contributed by atoms with Crippen molar-refractivity contribution in [3.05, 3.63) is 109 Å². The summed E-state index contributed by atoms with van der Waals surface area (Å²) in [5.74, 6) is 5.00. The van der Waals surface area contributed by atoms with Gasteiger partial charge in [0.2, 0.25) is 0 Å². The van der Waals surface area contributed by atoms with Crippen LogP contribution >= 0.6 is 0 Å². The maximum Gasteiger partial charge on any atom is 0.0160 e. The topological polar surface area (TPSA) is 25.8 Å². The minimum absolute atomic E-state index is 0. The molecule has 4 heteroatoms. The van der Waals surface area contributed by atoms with Gasteiger partial charge in [-0.15, -0.1) is 35.9 Å². The standard InChI is InChI=1S/C19H14GeN.C11H8N.Ir/c1-20(2)15-9-5-8-13-12-6-3-4-7-14(12)19-18(17(13)15)16(20)10-11-21-19;1-2-6-10(7-3-1)11-8-4-5-9-12-11;/h3-6,8-11H,1-2H3;1-6,8-9H;/q2*-1;. The van der Waals surface area contributed by atoms with E-state index < -0.39 is 13.3 Å². The van der Waals surface area contributed by atoms with Gasteiger partial charge in [-0.25, -0.2) is 0 Å². The van der Waals surface area contributed by atoms with E-state index in [9.17, 15) is 0 Å². The summed E-state index contributed by atoms with van der Waals surface area (Å²) in [5.41, 5.74) is 3.15. The van der Waals surface area contributed by atoms with Crippen LogP contribution in [0.1, 0.15) is 0 Å². The number of nitrogens with zero attached hydrogens (tertiary/aromatic N) is 2. The van der Waals surface area contributed by atoms with E-state index in [1.165, 1.54) is 26.9 Å². The maximum atomic E-state index is 4.72. The summed E-state index contributed by atoms with van der Waals surface area (Å²) in [6.45, 7) is 0. The van der Waals surface area contributed by atoms with Crippen molar-refractivity contribution in [2.45, 2.75) is 11.5 Å². The van der Waals surface area contributed by atoms with Gasteiger partial charge in [-0.2, -0.15) is 0 Å². The number of hydrogen-bond donors (Lipinski definition) is 0. The first-order valence-electron chi connectivity index (χ1n) is 11.2. The van der Waals surface area contributed by atoms with Gasteiger partial charge in [-0.1, -0.05) is 12.1 Å². The van der Waals surface area contributed by atoms with Crippen LogP contribution in [0.5, 0.6) is 0 Å². The van der Waals surface area contributed by atoms with Gasteiger partial charge in [0.05, 0.1) is 0 Å². The molecule has 0 bridgehead atoms. The molecule has 0 aliphatic carbocycles. The summed E-state index contributed by atoms with van der Waals surface area (Å²) < 4.78 is 3.18. The van der Waals surface area contributed by atoms with E-state index in [-0.39, 0.29) is 20.1 Å². The second kappa shape index (κ2) is 9.07. The summed E-state index contributed by atoms with van der Waals surface area (Å²) in [5, 5.41) is 6.69. The molecule has 4 aromatic carbocycles. The Balaban J connectivity index is 0.000000159. The fourth-order valence-electron chi connectivity index (χ4n) is 5.07. The number of pyridine rings is 2. The molecule has 0 saturated carbocycles. The number of fused-ring (bicyclic) bond motifs is 3. The van der Waals surface area contributed by atoms with Gasteiger partial charge < -0.3 is 4.98 Å². The average Bonchev–Trinajstić information content (AvgIpc) is 3.13. The van der Waals surface area contributed by atoms with Crippen molar-refractivity contribution in [3.63, 3.8) is 0 Å². The molecule has 0 spiro atoms. The quantitative estimate of drug-likeness (QED) is 0.121. The van der Waals surface area contributed by atoms with Crippen LogP contribution in [0.15, 0.2) is 97.3 Å². The van der Waals surface area contributed by atoms with Gasteiger partial charge in [-0.05, 0) is 11.8 Å². The SMILES string of the molecule is [CH3][Ge]1([CH3])[c]2cccc3c4ccc[c-]c4c4ncc[c]1c4c23.[Ir].[c-]1ccccc1-c1ccccn1. The Morgan fingerprint density at radius 3 is 2.24 bits per heavy atom. The minimum Gasteiger partial charge on any atom is -0.305 e. The molecule has 7 rings (SSSR count). The third-order valence-corrected chi connectivity index (χ3v) is 14.0. The Morgan fingerprint density at radius 2 is 1.44 bits per heavy atom. The van der Waals surface area contributed by atoms with Gasteiger partial charge >= 0.3 is 126 Å². The van der Waals surface area contributed by atoms with Crippen LogP contribution in [0.3, 0.4) is 0 Å². The molecular formula is C30H22GeIrN2-2. The molecule has 2 aromatic heterocycles. The Labute approximate surface area is 215 Å². The van der Waals surface area contributed by atoms with Crippen molar-refractivity contribution in [1.29, 1.82) is 0 Å². The molecule has 0 amide bonds. The van der Waals surface area contributed by atoms with E-state index in [0.29, 0.717) is 0 Å². The minimum atomic E-state index is -2.17. The maximum absolute atomic E-state index is 4.72. The molecule has 2 nitrogen and oxygen atoms in total. The molecular weight excluding hydrogens is 653 g/mol. The van der Waals surface area contributed by atoms with Crippen LogP contribution < -0.4 is 8.79 Å². The summed E-state index contributed by atoms with van der Waals surface area (Å²) in [6, 6.07) is 35.6. The van der Waals surface area contributed by atoms with Gasteiger partial charge in [0.15, 0.2) is 0 Å². The summed E-state index contributed by atoms with van der Waals surface area (Å²) >= 11 is -2.17. The summed E-state index contributed by atoms with van der Waals surface area (Å²) in [4.78, 5) is 8.94. The molecule has 167 valence electrons. The van der Waals surface area contributed by atoms with Crippen molar-refractivity contribution < 1.29 is 20.1 Å². The third-order valence-electron chi connectivity index (χ3n) is 6.65. The summed E-state index contributed by atoms with van der Waals surface area (Å²) in [7, 11) is 0. The second-order valence-electron chi connectivity index (χ2n) is 8.89. The Bertz CT molecular complexity index is 1510. The molecule has 0 atom stereocenters. The monoisotopic (exact) mass is 677 g/mol. The molecule has 34 heavy (non-hydrogen) atoms. The number of aromatic nitrogens is 2. The van der Waals surface area contributed by atoms with Crippen LogP contribution in [0, 0.1) is 12.1 Å². The molecule has 0 saturated heterocycles. The van der Waals surface area contributed by atoms with E-state index in [0.717, 1.165) is 16.8 Å². The van der Waals surface area contributed by atoms with E-state index in [1.807, 2.05) is 54.7 Å². The van der Waals surface area contributed by atoms with E-state index in [1.54, 1.807) is 15.0 Å². The predicted octanol–water partition coefficient (Wildman–Crippen LogP) is 6.02. The van der Waals surface area contributed by atoms with Gasteiger partial charge in [-0.3, -0.25) is 0 Å². The average molecular weight is 675 g/mol.